The summed E-state index contributed by atoms with van der Waals surface area (Å²) in [6.07, 6.45) is 4.20. The van der Waals surface area contributed by atoms with E-state index in [-0.39, 0.29) is 10.6 Å². The average molecular weight is 362 g/mol. The van der Waals surface area contributed by atoms with Gasteiger partial charge in [-0.3, -0.25) is 9.59 Å². The second-order valence-electron chi connectivity index (χ2n) is 5.32. The molecule has 1 aromatic heterocycles. The molecule has 9 heteroatoms. The number of rotatable bonds is 6. The summed E-state index contributed by atoms with van der Waals surface area (Å²) in [5.41, 5.74) is -0.188. The molecule has 1 heterocycles. The summed E-state index contributed by atoms with van der Waals surface area (Å²) in [6.45, 7) is 0. The maximum absolute atomic E-state index is 12.1. The van der Waals surface area contributed by atoms with Crippen LogP contribution >= 0.6 is 0 Å². The van der Waals surface area contributed by atoms with Crippen molar-refractivity contribution in [3.05, 3.63) is 64.7 Å². The van der Waals surface area contributed by atoms with Crippen LogP contribution in [-0.4, -0.2) is 50.0 Å². The number of hydrogen-bond donors (Lipinski definition) is 1. The maximum atomic E-state index is 12.1. The van der Waals surface area contributed by atoms with E-state index in [9.17, 15) is 18.0 Å². The number of sulfonamides is 1. The Morgan fingerprint density at radius 2 is 1.84 bits per heavy atom. The fourth-order valence-electron chi connectivity index (χ4n) is 1.91. The van der Waals surface area contributed by atoms with Gasteiger partial charge in [0.2, 0.25) is 21.2 Å². The summed E-state index contributed by atoms with van der Waals surface area (Å²) < 4.78 is 27.0. The lowest BCUT2D eigenvalue weighted by atomic mass is 10.2. The van der Waals surface area contributed by atoms with Gasteiger partial charge in [-0.05, 0) is 31.3 Å². The third-order valence-corrected chi connectivity index (χ3v) is 4.68. The summed E-state index contributed by atoms with van der Waals surface area (Å²) in [6, 6.07) is 7.13. The number of carbonyl (C=O) groups excluding carboxylic acids is 1. The van der Waals surface area contributed by atoms with Gasteiger partial charge in [0.25, 0.3) is 0 Å². The molecule has 0 unspecified atom stereocenters. The third kappa shape index (κ3) is 4.40. The molecule has 0 amide bonds. The molecule has 0 fully saturated rings. The Balaban J connectivity index is 2.40. The molecule has 0 saturated heterocycles. The fraction of sp³-hybridized carbons (Fsp3) is 0.188. The van der Waals surface area contributed by atoms with Crippen molar-refractivity contribution in [2.24, 2.45) is 0 Å². The molecular formula is C16H18N4O4S. The highest BCUT2D eigenvalue weighted by molar-refractivity contribution is 7.89. The van der Waals surface area contributed by atoms with Gasteiger partial charge in [0.1, 0.15) is 0 Å². The quantitative estimate of drug-likeness (QED) is 0.590. The molecule has 0 aliphatic carbocycles. The smallest absolute Gasteiger partial charge is 0.240 e. The molecule has 0 atom stereocenters. The van der Waals surface area contributed by atoms with Crippen molar-refractivity contribution in [1.82, 2.24) is 19.4 Å². The van der Waals surface area contributed by atoms with Gasteiger partial charge in [-0.25, -0.2) is 17.8 Å². The van der Waals surface area contributed by atoms with Crippen molar-refractivity contribution in [2.45, 2.75) is 4.90 Å². The molecule has 0 saturated carbocycles. The van der Waals surface area contributed by atoms with Crippen molar-refractivity contribution in [2.75, 3.05) is 21.1 Å². The molecular weight excluding hydrogens is 344 g/mol. The number of hydrogen-bond acceptors (Lipinski definition) is 6. The van der Waals surface area contributed by atoms with Gasteiger partial charge >= 0.3 is 0 Å². The van der Waals surface area contributed by atoms with Crippen molar-refractivity contribution < 1.29 is 13.2 Å². The Morgan fingerprint density at radius 3 is 2.40 bits per heavy atom. The molecule has 0 aliphatic rings. The first-order valence-electron chi connectivity index (χ1n) is 7.27. The number of allylic oxidation sites excluding steroid dienone is 1. The van der Waals surface area contributed by atoms with Crippen LogP contribution in [0, 0.1) is 0 Å². The SMILES string of the molecule is CNS(=O)(=O)c1ccc(-n2ccc(=O)c(C(=O)/C=C/N(C)C)n2)cc1. The summed E-state index contributed by atoms with van der Waals surface area (Å²) in [5.74, 6) is -0.512. The van der Waals surface area contributed by atoms with Gasteiger partial charge in [-0.2, -0.15) is 5.10 Å². The lowest BCUT2D eigenvalue weighted by molar-refractivity contribution is 0.103. The Morgan fingerprint density at radius 1 is 1.20 bits per heavy atom. The Labute approximate surface area is 145 Å². The zero-order chi connectivity index (χ0) is 18.6. The van der Waals surface area contributed by atoms with Gasteiger partial charge in [0, 0.05) is 38.6 Å². The summed E-state index contributed by atoms with van der Waals surface area (Å²) >= 11 is 0. The van der Waals surface area contributed by atoms with Crippen LogP contribution in [-0.2, 0) is 10.0 Å². The number of aromatic nitrogens is 2. The number of carbonyl (C=O) groups is 1. The monoisotopic (exact) mass is 362 g/mol. The minimum atomic E-state index is -3.54. The first-order valence-corrected chi connectivity index (χ1v) is 8.76. The Bertz CT molecular complexity index is 960. The van der Waals surface area contributed by atoms with Crippen LogP contribution in [0.5, 0.6) is 0 Å². The van der Waals surface area contributed by atoms with Crippen LogP contribution in [0.2, 0.25) is 0 Å². The number of nitrogens with one attached hydrogen (secondary N) is 1. The topological polar surface area (TPSA) is 101 Å². The Hall–Kier alpha value is -2.78. The highest BCUT2D eigenvalue weighted by atomic mass is 32.2. The predicted molar refractivity (Wildman–Crippen MR) is 93.2 cm³/mol. The van der Waals surface area contributed by atoms with Crippen LogP contribution in [0.4, 0.5) is 0 Å². The first-order chi connectivity index (χ1) is 11.7. The molecule has 132 valence electrons. The van der Waals surface area contributed by atoms with E-state index < -0.39 is 21.2 Å². The molecule has 0 aliphatic heterocycles. The first kappa shape index (κ1) is 18.6. The molecule has 25 heavy (non-hydrogen) atoms. The fourth-order valence-corrected chi connectivity index (χ4v) is 2.64. The number of ketones is 1. The largest absolute Gasteiger partial charge is 0.383 e. The molecule has 1 N–H and O–H groups in total. The summed E-state index contributed by atoms with van der Waals surface area (Å²) in [5, 5.41) is 4.05. The molecule has 2 aromatic rings. The molecule has 8 nitrogen and oxygen atoms in total. The van der Waals surface area contributed by atoms with Gasteiger partial charge in [0.05, 0.1) is 10.6 Å². The minimum absolute atomic E-state index is 0.102. The predicted octanol–water partition coefficient (Wildman–Crippen LogP) is 0.399. The maximum Gasteiger partial charge on any atom is 0.240 e. The second kappa shape index (κ2) is 7.41. The number of nitrogens with zero attached hydrogens (tertiary/aromatic N) is 3. The highest BCUT2D eigenvalue weighted by Crippen LogP contribution is 2.12. The molecule has 0 bridgehead atoms. The van der Waals surface area contributed by atoms with Gasteiger partial charge in [-0.15, -0.1) is 0 Å². The van der Waals surface area contributed by atoms with Gasteiger partial charge < -0.3 is 4.90 Å². The van der Waals surface area contributed by atoms with Crippen LogP contribution in [0.3, 0.4) is 0 Å². The lowest BCUT2D eigenvalue weighted by Gasteiger charge is -2.08. The lowest BCUT2D eigenvalue weighted by Crippen LogP contribution is -2.20. The molecule has 0 spiro atoms. The second-order valence-corrected chi connectivity index (χ2v) is 7.20. The van der Waals surface area contributed by atoms with E-state index >= 15 is 0 Å². The molecule has 1 aromatic carbocycles. The van der Waals surface area contributed by atoms with Crippen LogP contribution in [0.15, 0.2) is 58.5 Å². The zero-order valence-corrected chi connectivity index (χ0v) is 14.8. The standard InChI is InChI=1S/C16H18N4O4S/c1-17-25(23,24)13-6-4-12(5-7-13)20-11-9-15(22)16(18-20)14(21)8-10-19(2)3/h4-11,17H,1-3H3/b10-8+. The van der Waals surface area contributed by atoms with Crippen LogP contribution < -0.4 is 10.2 Å². The van der Waals surface area contributed by atoms with Crippen LogP contribution in [0.1, 0.15) is 10.5 Å². The van der Waals surface area contributed by atoms with Crippen molar-refractivity contribution in [3.8, 4) is 5.69 Å². The third-order valence-electron chi connectivity index (χ3n) is 3.25. The Kier molecular flexibility index (Phi) is 5.50. The molecule has 2 rings (SSSR count). The van der Waals surface area contributed by atoms with E-state index in [1.165, 1.54) is 60.5 Å². The summed E-state index contributed by atoms with van der Waals surface area (Å²) in [4.78, 5) is 25.8. The minimum Gasteiger partial charge on any atom is -0.383 e. The van der Waals surface area contributed by atoms with E-state index in [1.54, 1.807) is 19.0 Å². The average Bonchev–Trinajstić information content (AvgIpc) is 2.60. The van der Waals surface area contributed by atoms with Gasteiger partial charge in [-0.1, -0.05) is 0 Å². The normalized spacial score (nSPS) is 11.6. The van der Waals surface area contributed by atoms with Gasteiger partial charge in [0.15, 0.2) is 5.69 Å². The van der Waals surface area contributed by atoms with E-state index in [0.29, 0.717) is 5.69 Å². The van der Waals surface area contributed by atoms with E-state index in [2.05, 4.69) is 9.82 Å². The van der Waals surface area contributed by atoms with Crippen molar-refractivity contribution in [1.29, 1.82) is 0 Å². The summed E-state index contributed by atoms with van der Waals surface area (Å²) in [7, 11) is 1.29. The highest BCUT2D eigenvalue weighted by Gasteiger charge is 2.13. The van der Waals surface area contributed by atoms with E-state index in [4.69, 9.17) is 0 Å². The zero-order valence-electron chi connectivity index (χ0n) is 14.0. The van der Waals surface area contributed by atoms with Crippen molar-refractivity contribution in [3.63, 3.8) is 0 Å². The van der Waals surface area contributed by atoms with E-state index in [0.717, 1.165) is 0 Å². The van der Waals surface area contributed by atoms with E-state index in [1.807, 2.05) is 0 Å². The van der Waals surface area contributed by atoms with Crippen LogP contribution in [0.25, 0.3) is 5.69 Å². The number of benzene rings is 1. The molecule has 0 radical (unpaired) electrons. The van der Waals surface area contributed by atoms with Crippen molar-refractivity contribution >= 4 is 15.8 Å².